The molecule has 4 N–H and O–H groups in total. The van der Waals surface area contributed by atoms with Crippen molar-refractivity contribution in [1.29, 1.82) is 0 Å². The first-order valence-electron chi connectivity index (χ1n) is 5.25. The summed E-state index contributed by atoms with van der Waals surface area (Å²) in [5, 5.41) is 34.7. The SMILES string of the molecule is CNCC(O)C(O)c1cnn([C@@H](C)C(=O)O)c1. The molecule has 7 heteroatoms. The van der Waals surface area contributed by atoms with Gasteiger partial charge in [-0.3, -0.25) is 4.68 Å². The fourth-order valence-electron chi connectivity index (χ4n) is 1.37. The lowest BCUT2D eigenvalue weighted by atomic mass is 10.1. The Kier molecular flexibility index (Phi) is 4.62. The molecule has 0 spiro atoms. The van der Waals surface area contributed by atoms with Gasteiger partial charge in [-0.25, -0.2) is 4.79 Å². The van der Waals surface area contributed by atoms with E-state index in [0.29, 0.717) is 5.56 Å². The number of nitrogens with zero attached hydrogens (tertiary/aromatic N) is 2. The molecule has 1 rings (SSSR count). The third-order valence-electron chi connectivity index (χ3n) is 2.49. The van der Waals surface area contributed by atoms with Crippen molar-refractivity contribution in [2.45, 2.75) is 25.2 Å². The van der Waals surface area contributed by atoms with Crippen LogP contribution in [0.15, 0.2) is 12.4 Å². The Labute approximate surface area is 98.7 Å². The Morgan fingerprint density at radius 3 is 2.76 bits per heavy atom. The summed E-state index contributed by atoms with van der Waals surface area (Å²) in [6.45, 7) is 1.72. The van der Waals surface area contributed by atoms with Crippen molar-refractivity contribution >= 4 is 5.97 Å². The molecule has 1 aromatic rings. The predicted octanol–water partition coefficient (Wildman–Crippen LogP) is -0.858. The summed E-state index contributed by atoms with van der Waals surface area (Å²) in [6, 6.07) is -0.808. The van der Waals surface area contributed by atoms with Crippen LogP contribution in [0.5, 0.6) is 0 Å². The molecule has 2 unspecified atom stereocenters. The van der Waals surface area contributed by atoms with E-state index in [2.05, 4.69) is 10.4 Å². The van der Waals surface area contributed by atoms with E-state index >= 15 is 0 Å². The van der Waals surface area contributed by atoms with Crippen molar-refractivity contribution in [3.8, 4) is 0 Å². The third kappa shape index (κ3) is 3.26. The Balaban J connectivity index is 2.77. The van der Waals surface area contributed by atoms with Crippen LogP contribution in [0.1, 0.15) is 24.6 Å². The van der Waals surface area contributed by atoms with Crippen molar-refractivity contribution < 1.29 is 20.1 Å². The topological polar surface area (TPSA) is 108 Å². The van der Waals surface area contributed by atoms with E-state index in [1.54, 1.807) is 7.05 Å². The normalized spacial score (nSPS) is 16.5. The molecule has 0 aromatic carbocycles. The number of aliphatic hydroxyl groups is 2. The number of aliphatic carboxylic acids is 1. The first kappa shape index (κ1) is 13.6. The predicted molar refractivity (Wildman–Crippen MR) is 59.5 cm³/mol. The Morgan fingerprint density at radius 2 is 2.24 bits per heavy atom. The fourth-order valence-corrected chi connectivity index (χ4v) is 1.37. The maximum Gasteiger partial charge on any atom is 0.328 e. The van der Waals surface area contributed by atoms with Crippen LogP contribution in [-0.2, 0) is 4.79 Å². The van der Waals surface area contributed by atoms with Crippen LogP contribution in [-0.4, -0.2) is 50.8 Å². The Hall–Kier alpha value is -1.44. The molecule has 0 aliphatic heterocycles. The number of hydrogen-bond donors (Lipinski definition) is 4. The Bertz CT molecular complexity index is 379. The van der Waals surface area contributed by atoms with Crippen molar-refractivity contribution in [3.63, 3.8) is 0 Å². The van der Waals surface area contributed by atoms with Gasteiger partial charge in [0, 0.05) is 18.3 Å². The minimum atomic E-state index is -1.09. The molecule has 0 saturated carbocycles. The number of carbonyl (C=O) groups is 1. The van der Waals surface area contributed by atoms with Gasteiger partial charge in [0.05, 0.1) is 12.3 Å². The molecule has 0 radical (unpaired) electrons. The molecule has 0 saturated heterocycles. The van der Waals surface area contributed by atoms with Crippen LogP contribution in [0.4, 0.5) is 0 Å². The highest BCUT2D eigenvalue weighted by Crippen LogP contribution is 2.17. The second kappa shape index (κ2) is 5.76. The van der Waals surface area contributed by atoms with Gasteiger partial charge in [-0.15, -0.1) is 0 Å². The average Bonchev–Trinajstić information content (AvgIpc) is 2.76. The number of nitrogens with one attached hydrogen (secondary N) is 1. The van der Waals surface area contributed by atoms with Gasteiger partial charge in [0.2, 0.25) is 0 Å². The van der Waals surface area contributed by atoms with Crippen molar-refractivity contribution in [2.24, 2.45) is 0 Å². The fraction of sp³-hybridized carbons (Fsp3) is 0.600. The smallest absolute Gasteiger partial charge is 0.328 e. The van der Waals surface area contributed by atoms with Crippen molar-refractivity contribution in [3.05, 3.63) is 18.0 Å². The van der Waals surface area contributed by atoms with E-state index in [0.717, 1.165) is 0 Å². The van der Waals surface area contributed by atoms with Crippen LogP contribution in [0.25, 0.3) is 0 Å². The number of hydrogen-bond acceptors (Lipinski definition) is 5. The van der Waals surface area contributed by atoms with E-state index < -0.39 is 24.2 Å². The quantitative estimate of drug-likeness (QED) is 0.518. The van der Waals surface area contributed by atoms with Gasteiger partial charge in [-0.2, -0.15) is 5.10 Å². The van der Waals surface area contributed by atoms with Crippen molar-refractivity contribution in [1.82, 2.24) is 15.1 Å². The summed E-state index contributed by atoms with van der Waals surface area (Å²) in [6.07, 6.45) is 0.723. The Morgan fingerprint density at radius 1 is 1.59 bits per heavy atom. The highest BCUT2D eigenvalue weighted by Gasteiger charge is 2.21. The summed E-state index contributed by atoms with van der Waals surface area (Å²) in [5.74, 6) is -1.01. The van der Waals surface area contributed by atoms with E-state index in [-0.39, 0.29) is 6.54 Å². The van der Waals surface area contributed by atoms with Gasteiger partial charge in [0.15, 0.2) is 0 Å². The molecule has 0 fully saturated rings. The van der Waals surface area contributed by atoms with Crippen LogP contribution >= 0.6 is 0 Å². The summed E-state index contributed by atoms with van der Waals surface area (Å²) >= 11 is 0. The van der Waals surface area contributed by atoms with E-state index in [1.807, 2.05) is 0 Å². The lowest BCUT2D eigenvalue weighted by molar-refractivity contribution is -0.140. The van der Waals surface area contributed by atoms with Crippen molar-refractivity contribution in [2.75, 3.05) is 13.6 Å². The number of rotatable bonds is 6. The lowest BCUT2D eigenvalue weighted by Crippen LogP contribution is -2.29. The molecule has 3 atom stereocenters. The molecule has 1 aromatic heterocycles. The standard InChI is InChI=1S/C10H17N3O4/c1-6(10(16)17)13-5-7(3-12-13)9(15)8(14)4-11-2/h3,5-6,8-9,11,14-15H,4H2,1-2H3,(H,16,17)/t6-,8?,9?/m0/s1. The molecule has 17 heavy (non-hydrogen) atoms. The number of carboxylic acids is 1. The van der Waals surface area contributed by atoms with Gasteiger partial charge in [0.25, 0.3) is 0 Å². The zero-order valence-corrected chi connectivity index (χ0v) is 9.74. The monoisotopic (exact) mass is 243 g/mol. The van der Waals surface area contributed by atoms with Crippen LogP contribution in [0.3, 0.4) is 0 Å². The number of aliphatic hydroxyl groups excluding tert-OH is 2. The summed E-state index contributed by atoms with van der Waals surface area (Å²) in [5.41, 5.74) is 0.390. The van der Waals surface area contributed by atoms with Crippen LogP contribution in [0, 0.1) is 0 Å². The first-order valence-corrected chi connectivity index (χ1v) is 5.25. The van der Waals surface area contributed by atoms with E-state index in [1.165, 1.54) is 24.0 Å². The summed E-state index contributed by atoms with van der Waals surface area (Å²) < 4.78 is 1.23. The maximum atomic E-state index is 10.7. The largest absolute Gasteiger partial charge is 0.480 e. The molecular formula is C10H17N3O4. The zero-order chi connectivity index (χ0) is 13.0. The lowest BCUT2D eigenvalue weighted by Gasteiger charge is -2.15. The summed E-state index contributed by atoms with van der Waals surface area (Å²) in [4.78, 5) is 10.7. The molecule has 0 aliphatic carbocycles. The molecule has 96 valence electrons. The van der Waals surface area contributed by atoms with Gasteiger partial charge < -0.3 is 20.6 Å². The van der Waals surface area contributed by atoms with Crippen LogP contribution in [0.2, 0.25) is 0 Å². The molecule has 1 heterocycles. The van der Waals surface area contributed by atoms with Gasteiger partial charge in [0.1, 0.15) is 12.1 Å². The first-order chi connectivity index (χ1) is 7.97. The minimum absolute atomic E-state index is 0.237. The van der Waals surface area contributed by atoms with Gasteiger partial charge >= 0.3 is 5.97 Å². The van der Waals surface area contributed by atoms with E-state index in [4.69, 9.17) is 5.11 Å². The van der Waals surface area contributed by atoms with E-state index in [9.17, 15) is 15.0 Å². The average molecular weight is 243 g/mol. The second-order valence-corrected chi connectivity index (χ2v) is 3.84. The summed E-state index contributed by atoms with van der Waals surface area (Å²) in [7, 11) is 1.66. The maximum absolute atomic E-state index is 10.7. The number of carboxylic acid groups (broad SMARTS) is 1. The zero-order valence-electron chi connectivity index (χ0n) is 9.74. The highest BCUT2D eigenvalue weighted by atomic mass is 16.4. The molecule has 0 bridgehead atoms. The molecular weight excluding hydrogens is 226 g/mol. The number of likely N-dealkylation sites (N-methyl/N-ethyl adjacent to an activating group) is 1. The third-order valence-corrected chi connectivity index (χ3v) is 2.49. The number of aromatic nitrogens is 2. The van der Waals surface area contributed by atoms with Crippen LogP contribution < -0.4 is 5.32 Å². The second-order valence-electron chi connectivity index (χ2n) is 3.84. The molecule has 7 nitrogen and oxygen atoms in total. The minimum Gasteiger partial charge on any atom is -0.480 e. The van der Waals surface area contributed by atoms with Gasteiger partial charge in [-0.1, -0.05) is 0 Å². The molecule has 0 amide bonds. The highest BCUT2D eigenvalue weighted by molar-refractivity contribution is 5.71. The molecule has 0 aliphatic rings. The van der Waals surface area contributed by atoms with Gasteiger partial charge in [-0.05, 0) is 14.0 Å².